The second-order valence-electron chi connectivity index (χ2n) is 12.1. The zero-order chi connectivity index (χ0) is 28.5. The van der Waals surface area contributed by atoms with E-state index >= 15 is 0 Å². The third kappa shape index (κ3) is 9.14. The molecule has 1 aliphatic heterocycles. The lowest BCUT2D eigenvalue weighted by atomic mass is 9.86. The van der Waals surface area contributed by atoms with E-state index in [9.17, 15) is 14.7 Å². The van der Waals surface area contributed by atoms with Crippen molar-refractivity contribution in [3.05, 3.63) is 23.4 Å². The Morgan fingerprint density at radius 3 is 2.42 bits per heavy atom. The van der Waals surface area contributed by atoms with Gasteiger partial charge in [0.2, 0.25) is 5.88 Å². The molecule has 1 saturated heterocycles. The molecule has 1 fully saturated rings. The van der Waals surface area contributed by atoms with Gasteiger partial charge < -0.3 is 19.3 Å². The number of nitrogens with zero attached hydrogens (tertiary/aromatic N) is 2. The summed E-state index contributed by atoms with van der Waals surface area (Å²) in [6, 6.07) is 1.83. The van der Waals surface area contributed by atoms with Gasteiger partial charge in [0.25, 0.3) is 0 Å². The maximum Gasteiger partial charge on any atom is 0.408 e. The number of rotatable bonds is 15. The van der Waals surface area contributed by atoms with E-state index in [1.165, 1.54) is 10.5 Å². The van der Waals surface area contributed by atoms with Crippen molar-refractivity contribution < 1.29 is 28.9 Å². The van der Waals surface area contributed by atoms with Gasteiger partial charge in [0.1, 0.15) is 6.10 Å². The van der Waals surface area contributed by atoms with Crippen LogP contribution >= 0.6 is 0 Å². The van der Waals surface area contributed by atoms with Crippen LogP contribution in [0.1, 0.15) is 91.2 Å². The van der Waals surface area contributed by atoms with Crippen molar-refractivity contribution >= 4 is 12.1 Å². The molecule has 2 heterocycles. The minimum absolute atomic E-state index is 0.169. The molecule has 1 aromatic heterocycles. The highest BCUT2D eigenvalue weighted by Gasteiger charge is 2.45. The van der Waals surface area contributed by atoms with Crippen LogP contribution in [0, 0.1) is 17.8 Å². The number of methoxy groups -OCH3 is 2. The van der Waals surface area contributed by atoms with Crippen LogP contribution in [0.2, 0.25) is 0 Å². The molecule has 8 nitrogen and oxygen atoms in total. The second kappa shape index (κ2) is 14.7. The van der Waals surface area contributed by atoms with Crippen molar-refractivity contribution in [2.24, 2.45) is 17.8 Å². The first-order valence-corrected chi connectivity index (χ1v) is 14.1. The summed E-state index contributed by atoms with van der Waals surface area (Å²) in [6.45, 7) is 12.7. The summed E-state index contributed by atoms with van der Waals surface area (Å²) in [4.78, 5) is 30.9. The molecule has 0 saturated carbocycles. The molecule has 0 aromatic carbocycles. The average Bonchev–Trinajstić information content (AvgIpc) is 3.23. The number of unbranched alkanes of at least 4 members (excludes halogenated alkanes) is 1. The Labute approximate surface area is 229 Å². The Bertz CT molecular complexity index is 897. The third-order valence-electron chi connectivity index (χ3n) is 7.65. The zero-order valence-corrected chi connectivity index (χ0v) is 24.8. The highest BCUT2D eigenvalue weighted by Crippen LogP contribution is 2.35. The number of cyclic esters (lactones) is 1. The number of carbonyl (C=O) groups is 2. The van der Waals surface area contributed by atoms with E-state index in [4.69, 9.17) is 14.2 Å². The number of hydrogen-bond acceptors (Lipinski definition) is 6. The highest BCUT2D eigenvalue weighted by atomic mass is 16.6. The van der Waals surface area contributed by atoms with Gasteiger partial charge in [-0.15, -0.1) is 0 Å². The minimum Gasteiger partial charge on any atom is -0.481 e. The Morgan fingerprint density at radius 1 is 1.16 bits per heavy atom. The highest BCUT2D eigenvalue weighted by molar-refractivity contribution is 5.75. The van der Waals surface area contributed by atoms with Gasteiger partial charge in [0, 0.05) is 31.0 Å². The van der Waals surface area contributed by atoms with Crippen molar-refractivity contribution in [2.75, 3.05) is 20.8 Å². The summed E-state index contributed by atoms with van der Waals surface area (Å²) in [5, 5.41) is 10.1. The lowest BCUT2D eigenvalue weighted by Crippen LogP contribution is -2.55. The van der Waals surface area contributed by atoms with Crippen LogP contribution in [0.4, 0.5) is 4.79 Å². The number of esters is 1. The zero-order valence-electron chi connectivity index (χ0n) is 24.8. The van der Waals surface area contributed by atoms with E-state index in [0.717, 1.165) is 50.7 Å². The van der Waals surface area contributed by atoms with Gasteiger partial charge in [-0.2, -0.15) is 0 Å². The fourth-order valence-electron chi connectivity index (χ4n) is 5.44. The lowest BCUT2D eigenvalue weighted by molar-refractivity contribution is -0.148. The van der Waals surface area contributed by atoms with Crippen LogP contribution in [-0.2, 0) is 27.1 Å². The summed E-state index contributed by atoms with van der Waals surface area (Å²) in [6.07, 6.45) is 7.35. The van der Waals surface area contributed by atoms with Gasteiger partial charge in [-0.05, 0) is 95.6 Å². The van der Waals surface area contributed by atoms with Gasteiger partial charge in [0.15, 0.2) is 0 Å². The first-order valence-electron chi connectivity index (χ1n) is 14.1. The van der Waals surface area contributed by atoms with Gasteiger partial charge >= 0.3 is 12.1 Å². The van der Waals surface area contributed by atoms with Crippen molar-refractivity contribution in [1.29, 1.82) is 0 Å². The van der Waals surface area contributed by atoms with Crippen LogP contribution in [-0.4, -0.2) is 65.6 Å². The number of aromatic nitrogens is 1. The molecule has 1 N–H and O–H groups in total. The number of amides is 1. The van der Waals surface area contributed by atoms with Crippen LogP contribution < -0.4 is 4.74 Å². The topological polar surface area (TPSA) is 98.2 Å². The van der Waals surface area contributed by atoms with Crippen LogP contribution in [0.3, 0.4) is 0 Å². The molecule has 4 atom stereocenters. The van der Waals surface area contributed by atoms with E-state index in [1.807, 2.05) is 40.8 Å². The fourth-order valence-corrected chi connectivity index (χ4v) is 5.44. The van der Waals surface area contributed by atoms with E-state index in [-0.39, 0.29) is 23.8 Å². The number of carbonyl (C=O) groups excluding carboxylic acids is 1. The summed E-state index contributed by atoms with van der Waals surface area (Å²) in [5.41, 5.74) is 1.71. The Morgan fingerprint density at radius 2 is 1.87 bits per heavy atom. The molecule has 1 amide bonds. The maximum atomic E-state index is 12.5. The van der Waals surface area contributed by atoms with E-state index in [0.29, 0.717) is 24.6 Å². The van der Waals surface area contributed by atoms with Crippen molar-refractivity contribution in [2.45, 2.75) is 111 Å². The van der Waals surface area contributed by atoms with Crippen LogP contribution in [0.25, 0.3) is 0 Å². The number of ether oxygens (including phenoxy) is 3. The Balaban J connectivity index is 2.06. The molecular weight excluding hydrogens is 484 g/mol. The number of pyridine rings is 1. The lowest BCUT2D eigenvalue weighted by Gasteiger charge is -2.42. The monoisotopic (exact) mass is 534 g/mol. The first kappa shape index (κ1) is 31.9. The van der Waals surface area contributed by atoms with Crippen molar-refractivity contribution in [3.8, 4) is 5.88 Å². The normalized spacial score (nSPS) is 19.3. The molecule has 0 aliphatic carbocycles. The minimum atomic E-state index is -0.971. The molecule has 38 heavy (non-hydrogen) atoms. The largest absolute Gasteiger partial charge is 0.481 e. The molecule has 2 rings (SSSR count). The van der Waals surface area contributed by atoms with Gasteiger partial charge in [0.05, 0.1) is 19.1 Å². The van der Waals surface area contributed by atoms with Gasteiger partial charge in [-0.25, -0.2) is 9.78 Å². The van der Waals surface area contributed by atoms with Crippen molar-refractivity contribution in [1.82, 2.24) is 9.88 Å². The van der Waals surface area contributed by atoms with E-state index in [2.05, 4.69) is 18.0 Å². The molecule has 1 unspecified atom stereocenters. The molecule has 1 aromatic rings. The summed E-state index contributed by atoms with van der Waals surface area (Å²) < 4.78 is 16.4. The number of aryl methyl sites for hydroxylation is 2. The standard InChI is InChI=1S/C30H50N2O6/c1-20(2)24-18-26(38-28(24)33)25(32(29(34)35)30(4,5)6)15-13-21(3)12-14-22-17-23(11-9-10-16-36-7)27(37-8)31-19-22/h17,19-21,24-26H,9-16,18H2,1-8H3,(H,34,35)/t21?,24-,25-,26-/m0/s1. The Hall–Kier alpha value is -2.35. The number of carboxylic acid groups (broad SMARTS) is 1. The van der Waals surface area contributed by atoms with E-state index in [1.54, 1.807) is 14.2 Å². The summed E-state index contributed by atoms with van der Waals surface area (Å²) in [5.74, 6) is 0.847. The first-order chi connectivity index (χ1) is 17.9. The summed E-state index contributed by atoms with van der Waals surface area (Å²) in [7, 11) is 3.37. The van der Waals surface area contributed by atoms with Crippen molar-refractivity contribution in [3.63, 3.8) is 0 Å². The maximum absolute atomic E-state index is 12.5. The third-order valence-corrected chi connectivity index (χ3v) is 7.65. The van der Waals surface area contributed by atoms with Crippen LogP contribution in [0.15, 0.2) is 12.3 Å². The van der Waals surface area contributed by atoms with E-state index < -0.39 is 17.7 Å². The second-order valence-corrected chi connectivity index (χ2v) is 12.1. The molecule has 0 spiro atoms. The Kier molecular flexibility index (Phi) is 12.3. The number of hydrogen-bond donors (Lipinski definition) is 1. The molecule has 0 bridgehead atoms. The van der Waals surface area contributed by atoms with Gasteiger partial charge in [-0.3, -0.25) is 9.69 Å². The smallest absolute Gasteiger partial charge is 0.408 e. The van der Waals surface area contributed by atoms with Gasteiger partial charge in [-0.1, -0.05) is 20.8 Å². The fraction of sp³-hybridized carbons (Fsp3) is 0.767. The van der Waals surface area contributed by atoms with Crippen LogP contribution in [0.5, 0.6) is 5.88 Å². The summed E-state index contributed by atoms with van der Waals surface area (Å²) >= 11 is 0. The predicted octanol–water partition coefficient (Wildman–Crippen LogP) is 6.14. The quantitative estimate of drug-likeness (QED) is 0.213. The molecule has 1 aliphatic rings. The molecule has 216 valence electrons. The average molecular weight is 535 g/mol. The molecule has 8 heteroatoms. The molecular formula is C30H50N2O6. The predicted molar refractivity (Wildman–Crippen MR) is 149 cm³/mol. The molecule has 0 radical (unpaired) electrons. The SMILES string of the molecule is COCCCCc1cc(CCC(C)CC[C@@H]([C@@H]2C[C@@H](C(C)C)C(=O)O2)N(C(=O)O)C(C)(C)C)cnc1OC.